The quantitative estimate of drug-likeness (QED) is 0.752. The summed E-state index contributed by atoms with van der Waals surface area (Å²) in [6, 6.07) is 7.45. The van der Waals surface area contributed by atoms with Gasteiger partial charge >= 0.3 is 5.97 Å². The molecule has 0 heterocycles. The van der Waals surface area contributed by atoms with E-state index in [9.17, 15) is 4.79 Å². The number of ether oxygens (including phenoxy) is 1. The van der Waals surface area contributed by atoms with Crippen LogP contribution in [0.1, 0.15) is 12.5 Å². The van der Waals surface area contributed by atoms with E-state index < -0.39 is 5.97 Å². The molecule has 0 amide bonds. The van der Waals surface area contributed by atoms with Crippen LogP contribution in [-0.4, -0.2) is 17.7 Å². The Labute approximate surface area is 89.0 Å². The largest absolute Gasteiger partial charge is 0.482 e. The fourth-order valence-corrected chi connectivity index (χ4v) is 1.20. The topological polar surface area (TPSA) is 46.5 Å². The summed E-state index contributed by atoms with van der Waals surface area (Å²) in [5.41, 5.74) is 0.997. The average Bonchev–Trinajstić information content (AvgIpc) is 2.24. The number of carboxylic acid groups (broad SMARTS) is 1. The van der Waals surface area contributed by atoms with Crippen LogP contribution >= 0.6 is 0 Å². The van der Waals surface area contributed by atoms with Crippen molar-refractivity contribution in [2.24, 2.45) is 0 Å². The van der Waals surface area contributed by atoms with Crippen LogP contribution in [0, 0.1) is 0 Å². The van der Waals surface area contributed by atoms with Gasteiger partial charge in [0.25, 0.3) is 0 Å². The number of carboxylic acids is 1. The average molecular weight is 206 g/mol. The molecule has 1 aromatic rings. The van der Waals surface area contributed by atoms with Crippen molar-refractivity contribution in [1.29, 1.82) is 0 Å². The van der Waals surface area contributed by atoms with Gasteiger partial charge in [-0.1, -0.05) is 30.4 Å². The Kier molecular flexibility index (Phi) is 4.41. The lowest BCUT2D eigenvalue weighted by Gasteiger charge is -2.07. The first-order valence-electron chi connectivity index (χ1n) is 4.77. The Bertz CT molecular complexity index is 356. The van der Waals surface area contributed by atoms with Crippen molar-refractivity contribution in [2.45, 2.75) is 13.3 Å². The highest BCUT2D eigenvalue weighted by Gasteiger charge is 2.03. The Morgan fingerprint density at radius 3 is 2.87 bits per heavy atom. The Hall–Kier alpha value is -1.77. The number of benzene rings is 1. The summed E-state index contributed by atoms with van der Waals surface area (Å²) in [4.78, 5) is 10.4. The van der Waals surface area contributed by atoms with Crippen molar-refractivity contribution in [3.05, 3.63) is 42.0 Å². The SMILES string of the molecule is CC=CCc1ccccc1OCC(=O)O. The predicted octanol–water partition coefficient (Wildman–Crippen LogP) is 2.27. The van der Waals surface area contributed by atoms with E-state index in [0.717, 1.165) is 12.0 Å². The lowest BCUT2D eigenvalue weighted by Crippen LogP contribution is -2.10. The molecule has 0 aliphatic heterocycles. The van der Waals surface area contributed by atoms with Crippen LogP contribution in [0.2, 0.25) is 0 Å². The molecule has 0 fully saturated rings. The van der Waals surface area contributed by atoms with Crippen LogP contribution in [-0.2, 0) is 11.2 Å². The fourth-order valence-electron chi connectivity index (χ4n) is 1.20. The van der Waals surface area contributed by atoms with Gasteiger partial charge in [-0.25, -0.2) is 4.79 Å². The minimum Gasteiger partial charge on any atom is -0.482 e. The van der Waals surface area contributed by atoms with Crippen molar-refractivity contribution < 1.29 is 14.6 Å². The van der Waals surface area contributed by atoms with E-state index in [4.69, 9.17) is 9.84 Å². The maximum atomic E-state index is 10.4. The van der Waals surface area contributed by atoms with E-state index in [1.165, 1.54) is 0 Å². The molecule has 0 atom stereocenters. The minimum absolute atomic E-state index is 0.299. The van der Waals surface area contributed by atoms with Crippen LogP contribution in [0.3, 0.4) is 0 Å². The molecule has 1 N–H and O–H groups in total. The van der Waals surface area contributed by atoms with E-state index in [1.807, 2.05) is 37.3 Å². The maximum absolute atomic E-state index is 10.4. The number of rotatable bonds is 5. The highest BCUT2D eigenvalue weighted by atomic mass is 16.5. The molecule has 0 aromatic heterocycles. The molecule has 0 aliphatic rings. The third-order valence-electron chi connectivity index (χ3n) is 1.90. The molecular formula is C12H14O3. The summed E-state index contributed by atoms with van der Waals surface area (Å²) in [5, 5.41) is 8.50. The standard InChI is InChI=1S/C12H14O3/c1-2-3-6-10-7-4-5-8-11(10)15-9-12(13)14/h2-5,7-8H,6,9H2,1H3,(H,13,14). The maximum Gasteiger partial charge on any atom is 0.341 e. The summed E-state index contributed by atoms with van der Waals surface area (Å²) >= 11 is 0. The van der Waals surface area contributed by atoms with Crippen molar-refractivity contribution in [2.75, 3.05) is 6.61 Å². The fraction of sp³-hybridized carbons (Fsp3) is 0.250. The first kappa shape index (κ1) is 11.3. The van der Waals surface area contributed by atoms with Crippen LogP contribution in [0.4, 0.5) is 0 Å². The third-order valence-corrected chi connectivity index (χ3v) is 1.90. The van der Waals surface area contributed by atoms with Gasteiger partial charge in [0, 0.05) is 0 Å². The number of carbonyl (C=O) groups is 1. The van der Waals surface area contributed by atoms with E-state index in [1.54, 1.807) is 6.07 Å². The number of hydrogen-bond acceptors (Lipinski definition) is 2. The first-order valence-corrected chi connectivity index (χ1v) is 4.77. The monoisotopic (exact) mass is 206 g/mol. The van der Waals surface area contributed by atoms with E-state index in [0.29, 0.717) is 5.75 Å². The summed E-state index contributed by atoms with van der Waals surface area (Å²) in [5.74, 6) is -0.325. The molecule has 0 aliphatic carbocycles. The zero-order valence-electron chi connectivity index (χ0n) is 8.64. The van der Waals surface area contributed by atoms with Crippen molar-refractivity contribution in [1.82, 2.24) is 0 Å². The van der Waals surface area contributed by atoms with Gasteiger partial charge in [-0.15, -0.1) is 0 Å². The lowest BCUT2D eigenvalue weighted by atomic mass is 10.1. The Morgan fingerprint density at radius 2 is 2.20 bits per heavy atom. The van der Waals surface area contributed by atoms with Gasteiger partial charge in [-0.2, -0.15) is 0 Å². The molecule has 80 valence electrons. The van der Waals surface area contributed by atoms with Crippen LogP contribution in [0.15, 0.2) is 36.4 Å². The molecule has 1 aromatic carbocycles. The summed E-state index contributed by atoms with van der Waals surface area (Å²) < 4.78 is 5.16. The second kappa shape index (κ2) is 5.86. The number of para-hydroxylation sites is 1. The molecular weight excluding hydrogens is 192 g/mol. The minimum atomic E-state index is -0.962. The van der Waals surface area contributed by atoms with Crippen molar-refractivity contribution in [3.8, 4) is 5.75 Å². The van der Waals surface area contributed by atoms with Gasteiger partial charge in [-0.05, 0) is 25.0 Å². The number of allylic oxidation sites excluding steroid dienone is 2. The van der Waals surface area contributed by atoms with Crippen LogP contribution < -0.4 is 4.74 Å². The molecule has 1 rings (SSSR count). The van der Waals surface area contributed by atoms with Gasteiger partial charge < -0.3 is 9.84 Å². The van der Waals surface area contributed by atoms with E-state index in [2.05, 4.69) is 0 Å². The Morgan fingerprint density at radius 1 is 1.47 bits per heavy atom. The second-order valence-corrected chi connectivity index (χ2v) is 3.06. The number of hydrogen-bond donors (Lipinski definition) is 1. The smallest absolute Gasteiger partial charge is 0.341 e. The molecule has 0 saturated carbocycles. The molecule has 0 spiro atoms. The van der Waals surface area contributed by atoms with E-state index >= 15 is 0 Å². The highest BCUT2D eigenvalue weighted by molar-refractivity contribution is 5.68. The molecule has 3 heteroatoms. The van der Waals surface area contributed by atoms with Gasteiger partial charge in [0.15, 0.2) is 6.61 Å². The van der Waals surface area contributed by atoms with Gasteiger partial charge in [0.05, 0.1) is 0 Å². The normalized spacial score (nSPS) is 10.5. The van der Waals surface area contributed by atoms with Crippen molar-refractivity contribution >= 4 is 5.97 Å². The molecule has 0 radical (unpaired) electrons. The van der Waals surface area contributed by atoms with Gasteiger partial charge in [-0.3, -0.25) is 0 Å². The predicted molar refractivity (Wildman–Crippen MR) is 58.1 cm³/mol. The molecule has 0 unspecified atom stereocenters. The first-order chi connectivity index (χ1) is 7.24. The zero-order chi connectivity index (χ0) is 11.1. The molecule has 15 heavy (non-hydrogen) atoms. The summed E-state index contributed by atoms with van der Waals surface area (Å²) in [7, 11) is 0. The second-order valence-electron chi connectivity index (χ2n) is 3.06. The molecule has 3 nitrogen and oxygen atoms in total. The lowest BCUT2D eigenvalue weighted by molar-refractivity contribution is -0.139. The third kappa shape index (κ3) is 3.85. The zero-order valence-corrected chi connectivity index (χ0v) is 8.64. The molecule has 0 saturated heterocycles. The van der Waals surface area contributed by atoms with Crippen LogP contribution in [0.5, 0.6) is 5.75 Å². The van der Waals surface area contributed by atoms with Crippen LogP contribution in [0.25, 0.3) is 0 Å². The summed E-state index contributed by atoms with van der Waals surface area (Å²) in [6.45, 7) is 1.65. The van der Waals surface area contributed by atoms with Gasteiger partial charge in [0.1, 0.15) is 5.75 Å². The highest BCUT2D eigenvalue weighted by Crippen LogP contribution is 2.18. The Balaban J connectivity index is 2.72. The number of aliphatic carboxylic acids is 1. The van der Waals surface area contributed by atoms with E-state index in [-0.39, 0.29) is 6.61 Å². The van der Waals surface area contributed by atoms with Crippen molar-refractivity contribution in [3.63, 3.8) is 0 Å². The summed E-state index contributed by atoms with van der Waals surface area (Å²) in [6.07, 6.45) is 4.71. The van der Waals surface area contributed by atoms with Gasteiger partial charge in [0.2, 0.25) is 0 Å². The molecule has 0 bridgehead atoms.